The van der Waals surface area contributed by atoms with E-state index in [1.807, 2.05) is 24.3 Å². The number of hydrogen-bond acceptors (Lipinski definition) is 3. The fraction of sp³-hybridized carbons (Fsp3) is 0.462. The van der Waals surface area contributed by atoms with Crippen LogP contribution in [-0.4, -0.2) is 24.2 Å². The van der Waals surface area contributed by atoms with Gasteiger partial charge in [0.1, 0.15) is 11.8 Å². The summed E-state index contributed by atoms with van der Waals surface area (Å²) < 4.78 is 5.18. The van der Waals surface area contributed by atoms with Gasteiger partial charge in [0.15, 0.2) is 0 Å². The first kappa shape index (κ1) is 11.9. The summed E-state index contributed by atoms with van der Waals surface area (Å²) in [4.78, 5) is 11.0. The van der Waals surface area contributed by atoms with Crippen LogP contribution in [0, 0.1) is 0 Å². The highest BCUT2D eigenvalue weighted by Gasteiger charge is 2.26. The highest BCUT2D eigenvalue weighted by Crippen LogP contribution is 2.27. The predicted molar refractivity (Wildman–Crippen MR) is 64.1 cm³/mol. The summed E-state index contributed by atoms with van der Waals surface area (Å²) in [7, 11) is 1.63. The highest BCUT2D eigenvalue weighted by atomic mass is 16.5. The molecule has 1 aromatic rings. The molecular weight excluding hydrogens is 218 g/mol. The Balaban J connectivity index is 2.13. The number of carboxylic acids is 1. The first-order chi connectivity index (χ1) is 8.20. The van der Waals surface area contributed by atoms with Crippen molar-refractivity contribution in [1.29, 1.82) is 0 Å². The largest absolute Gasteiger partial charge is 0.497 e. The molecule has 4 nitrogen and oxygen atoms in total. The SMILES string of the molecule is COc1cccc(C2CCCC(C(=O)O)N2)c1. The van der Waals surface area contributed by atoms with Crippen molar-refractivity contribution in [2.75, 3.05) is 7.11 Å². The maximum atomic E-state index is 11.0. The van der Waals surface area contributed by atoms with Crippen molar-refractivity contribution in [3.63, 3.8) is 0 Å². The fourth-order valence-electron chi connectivity index (χ4n) is 2.25. The molecule has 1 fully saturated rings. The normalized spacial score (nSPS) is 24.3. The summed E-state index contributed by atoms with van der Waals surface area (Å²) in [6, 6.07) is 7.47. The number of aliphatic carboxylic acids is 1. The van der Waals surface area contributed by atoms with Gasteiger partial charge in [0, 0.05) is 6.04 Å². The zero-order valence-corrected chi connectivity index (χ0v) is 9.85. The molecule has 0 bridgehead atoms. The number of rotatable bonds is 3. The van der Waals surface area contributed by atoms with Crippen molar-refractivity contribution >= 4 is 5.97 Å². The Kier molecular flexibility index (Phi) is 3.64. The van der Waals surface area contributed by atoms with Gasteiger partial charge in [-0.1, -0.05) is 12.1 Å². The second-order valence-electron chi connectivity index (χ2n) is 4.32. The molecule has 1 aromatic carbocycles. The number of carbonyl (C=O) groups is 1. The minimum Gasteiger partial charge on any atom is -0.497 e. The van der Waals surface area contributed by atoms with Gasteiger partial charge in [-0.3, -0.25) is 10.1 Å². The van der Waals surface area contributed by atoms with Crippen LogP contribution in [0.15, 0.2) is 24.3 Å². The first-order valence-electron chi connectivity index (χ1n) is 5.83. The molecule has 2 atom stereocenters. The maximum absolute atomic E-state index is 11.0. The zero-order valence-electron chi connectivity index (χ0n) is 9.85. The smallest absolute Gasteiger partial charge is 0.320 e. The zero-order chi connectivity index (χ0) is 12.3. The third-order valence-electron chi connectivity index (χ3n) is 3.18. The molecule has 0 amide bonds. The lowest BCUT2D eigenvalue weighted by molar-refractivity contribution is -0.140. The van der Waals surface area contributed by atoms with Crippen molar-refractivity contribution < 1.29 is 14.6 Å². The fourth-order valence-corrected chi connectivity index (χ4v) is 2.25. The van der Waals surface area contributed by atoms with Crippen molar-refractivity contribution in [2.45, 2.75) is 31.3 Å². The van der Waals surface area contributed by atoms with E-state index < -0.39 is 12.0 Å². The second kappa shape index (κ2) is 5.19. The van der Waals surface area contributed by atoms with Gasteiger partial charge < -0.3 is 9.84 Å². The van der Waals surface area contributed by atoms with E-state index in [-0.39, 0.29) is 6.04 Å². The molecule has 0 saturated carbocycles. The lowest BCUT2D eigenvalue weighted by Crippen LogP contribution is -2.42. The summed E-state index contributed by atoms with van der Waals surface area (Å²) in [5, 5.41) is 12.2. The van der Waals surface area contributed by atoms with Crippen LogP contribution in [0.1, 0.15) is 30.9 Å². The van der Waals surface area contributed by atoms with Gasteiger partial charge in [0.25, 0.3) is 0 Å². The molecule has 1 aliphatic heterocycles. The van der Waals surface area contributed by atoms with Crippen LogP contribution in [0.5, 0.6) is 5.75 Å². The molecule has 2 unspecified atom stereocenters. The predicted octanol–water partition coefficient (Wildman–Crippen LogP) is 1.96. The Bertz CT molecular complexity index is 405. The molecule has 0 radical (unpaired) electrons. The second-order valence-corrected chi connectivity index (χ2v) is 4.32. The van der Waals surface area contributed by atoms with E-state index in [1.165, 1.54) is 0 Å². The molecule has 1 saturated heterocycles. The summed E-state index contributed by atoms with van der Waals surface area (Å²) in [6.07, 6.45) is 2.61. The van der Waals surface area contributed by atoms with Gasteiger partial charge in [-0.25, -0.2) is 0 Å². The van der Waals surface area contributed by atoms with E-state index in [2.05, 4.69) is 5.32 Å². The molecule has 2 rings (SSSR count). The number of carboxylic acid groups (broad SMARTS) is 1. The monoisotopic (exact) mass is 235 g/mol. The van der Waals surface area contributed by atoms with Gasteiger partial charge in [0.05, 0.1) is 7.11 Å². The van der Waals surface area contributed by atoms with E-state index in [0.29, 0.717) is 6.42 Å². The molecule has 17 heavy (non-hydrogen) atoms. The van der Waals surface area contributed by atoms with Crippen molar-refractivity contribution in [3.8, 4) is 5.75 Å². The molecule has 1 heterocycles. The Morgan fingerprint density at radius 1 is 1.47 bits per heavy atom. The van der Waals surface area contributed by atoms with Crippen LogP contribution in [0.2, 0.25) is 0 Å². The van der Waals surface area contributed by atoms with Gasteiger partial charge in [-0.2, -0.15) is 0 Å². The number of hydrogen-bond donors (Lipinski definition) is 2. The molecule has 4 heteroatoms. The van der Waals surface area contributed by atoms with Crippen LogP contribution in [-0.2, 0) is 4.79 Å². The van der Waals surface area contributed by atoms with Gasteiger partial charge in [-0.15, -0.1) is 0 Å². The van der Waals surface area contributed by atoms with E-state index in [0.717, 1.165) is 24.2 Å². The third kappa shape index (κ3) is 2.77. The van der Waals surface area contributed by atoms with Crippen LogP contribution in [0.4, 0.5) is 0 Å². The van der Waals surface area contributed by atoms with Crippen LogP contribution in [0.3, 0.4) is 0 Å². The van der Waals surface area contributed by atoms with Gasteiger partial charge >= 0.3 is 5.97 Å². The first-order valence-corrected chi connectivity index (χ1v) is 5.83. The van der Waals surface area contributed by atoms with Crippen molar-refractivity contribution in [2.24, 2.45) is 0 Å². The van der Waals surface area contributed by atoms with E-state index in [9.17, 15) is 4.79 Å². The Hall–Kier alpha value is -1.55. The third-order valence-corrected chi connectivity index (χ3v) is 3.18. The highest BCUT2D eigenvalue weighted by molar-refractivity contribution is 5.73. The van der Waals surface area contributed by atoms with Gasteiger partial charge in [0.2, 0.25) is 0 Å². The lowest BCUT2D eigenvalue weighted by atomic mass is 9.93. The number of benzene rings is 1. The minimum atomic E-state index is -0.766. The average Bonchev–Trinajstić information content (AvgIpc) is 2.39. The van der Waals surface area contributed by atoms with Crippen LogP contribution in [0.25, 0.3) is 0 Å². The number of ether oxygens (including phenoxy) is 1. The van der Waals surface area contributed by atoms with Crippen LogP contribution >= 0.6 is 0 Å². The standard InChI is InChI=1S/C13H17NO3/c1-17-10-5-2-4-9(8-10)11-6-3-7-12(14-11)13(15)16/h2,4-5,8,11-12,14H,3,6-7H2,1H3,(H,15,16). The molecule has 92 valence electrons. The Morgan fingerprint density at radius 2 is 2.29 bits per heavy atom. The van der Waals surface area contributed by atoms with E-state index >= 15 is 0 Å². The summed E-state index contributed by atoms with van der Waals surface area (Å²) in [5.74, 6) is 0.0411. The van der Waals surface area contributed by atoms with E-state index in [4.69, 9.17) is 9.84 Å². The number of methoxy groups -OCH3 is 1. The van der Waals surface area contributed by atoms with Gasteiger partial charge in [-0.05, 0) is 37.0 Å². The summed E-state index contributed by atoms with van der Waals surface area (Å²) >= 11 is 0. The molecule has 0 aromatic heterocycles. The molecule has 0 aliphatic carbocycles. The quantitative estimate of drug-likeness (QED) is 0.841. The van der Waals surface area contributed by atoms with E-state index in [1.54, 1.807) is 7.11 Å². The molecule has 1 aliphatic rings. The minimum absolute atomic E-state index is 0.111. The molecule has 2 N–H and O–H groups in total. The van der Waals surface area contributed by atoms with Crippen LogP contribution < -0.4 is 10.1 Å². The Labute approximate surface area is 101 Å². The molecular formula is C13H17NO3. The summed E-state index contributed by atoms with van der Waals surface area (Å²) in [5.41, 5.74) is 1.09. The maximum Gasteiger partial charge on any atom is 0.320 e. The summed E-state index contributed by atoms with van der Waals surface area (Å²) in [6.45, 7) is 0. The lowest BCUT2D eigenvalue weighted by Gasteiger charge is -2.29. The topological polar surface area (TPSA) is 58.6 Å². The number of piperidine rings is 1. The van der Waals surface area contributed by atoms with Crippen molar-refractivity contribution in [1.82, 2.24) is 5.32 Å². The van der Waals surface area contributed by atoms with Crippen molar-refractivity contribution in [3.05, 3.63) is 29.8 Å². The Morgan fingerprint density at radius 3 is 3.00 bits per heavy atom. The average molecular weight is 235 g/mol. The number of nitrogens with one attached hydrogen (secondary N) is 1. The molecule has 0 spiro atoms.